The van der Waals surface area contributed by atoms with E-state index < -0.39 is 0 Å². The van der Waals surface area contributed by atoms with E-state index in [2.05, 4.69) is 51.6 Å². The maximum Gasteiger partial charge on any atom is 0.108 e. The number of nitrogens with zero attached hydrogens (tertiary/aromatic N) is 2. The lowest BCUT2D eigenvalue weighted by Gasteiger charge is -2.09. The van der Waals surface area contributed by atoms with Gasteiger partial charge in [0.1, 0.15) is 5.69 Å². The van der Waals surface area contributed by atoms with Gasteiger partial charge in [0.2, 0.25) is 0 Å². The molecular formula is C21H21N3O. The minimum Gasteiger partial charge on any atom is -0.346 e. The SMILES string of the molecule is O=Nc1ccc(-c2cn(Cc3ccccc3)c3c2CCNCC3)cc1. The quantitative estimate of drug-likeness (QED) is 0.725. The molecule has 0 spiro atoms. The van der Waals surface area contributed by atoms with Crippen LogP contribution in [-0.4, -0.2) is 17.7 Å². The minimum absolute atomic E-state index is 0.472. The molecule has 0 saturated carbocycles. The van der Waals surface area contributed by atoms with Gasteiger partial charge < -0.3 is 9.88 Å². The van der Waals surface area contributed by atoms with Gasteiger partial charge in [-0.3, -0.25) is 0 Å². The number of nitroso groups, excluding NO2 is 1. The van der Waals surface area contributed by atoms with Gasteiger partial charge in [-0.25, -0.2) is 0 Å². The van der Waals surface area contributed by atoms with Crippen molar-refractivity contribution in [1.29, 1.82) is 0 Å². The number of aromatic nitrogens is 1. The molecule has 1 aliphatic rings. The second-order valence-corrected chi connectivity index (χ2v) is 6.47. The maximum atomic E-state index is 10.7. The van der Waals surface area contributed by atoms with Gasteiger partial charge in [-0.1, -0.05) is 42.5 Å². The first-order chi connectivity index (χ1) is 12.3. The third kappa shape index (κ3) is 3.26. The van der Waals surface area contributed by atoms with Gasteiger partial charge in [0.15, 0.2) is 0 Å². The van der Waals surface area contributed by atoms with E-state index in [-0.39, 0.29) is 0 Å². The number of hydrogen-bond acceptors (Lipinski definition) is 3. The van der Waals surface area contributed by atoms with Crippen LogP contribution < -0.4 is 5.32 Å². The number of hydrogen-bond donors (Lipinski definition) is 1. The first-order valence-corrected chi connectivity index (χ1v) is 8.74. The second-order valence-electron chi connectivity index (χ2n) is 6.47. The highest BCUT2D eigenvalue weighted by atomic mass is 16.3. The van der Waals surface area contributed by atoms with Crippen molar-refractivity contribution in [2.24, 2.45) is 5.18 Å². The number of fused-ring (bicyclic) bond motifs is 1. The van der Waals surface area contributed by atoms with Crippen LogP contribution in [0.4, 0.5) is 5.69 Å². The summed E-state index contributed by atoms with van der Waals surface area (Å²) in [6.07, 6.45) is 4.34. The normalized spacial score (nSPS) is 13.9. The Hall–Kier alpha value is -2.72. The summed E-state index contributed by atoms with van der Waals surface area (Å²) in [6.45, 7) is 2.90. The Kier molecular flexibility index (Phi) is 4.44. The summed E-state index contributed by atoms with van der Waals surface area (Å²) in [5, 5.41) is 6.50. The standard InChI is InChI=1S/C21H21N3O/c25-23-18-8-6-17(7-9-18)20-15-24(14-16-4-2-1-3-5-16)21-11-13-22-12-10-19(20)21/h1-9,15,22H,10-14H2. The molecule has 0 saturated heterocycles. The average molecular weight is 331 g/mol. The molecule has 25 heavy (non-hydrogen) atoms. The fourth-order valence-electron chi connectivity index (χ4n) is 3.63. The van der Waals surface area contributed by atoms with Crippen LogP contribution in [-0.2, 0) is 19.4 Å². The zero-order valence-electron chi connectivity index (χ0n) is 14.1. The summed E-state index contributed by atoms with van der Waals surface area (Å²) in [6, 6.07) is 18.1. The Bertz CT molecular complexity index is 866. The molecule has 3 aromatic rings. The molecule has 0 atom stereocenters. The second kappa shape index (κ2) is 7.03. The molecule has 1 N–H and O–H groups in total. The molecule has 4 heteroatoms. The van der Waals surface area contributed by atoms with Crippen molar-refractivity contribution < 1.29 is 0 Å². The van der Waals surface area contributed by atoms with Crippen molar-refractivity contribution >= 4 is 5.69 Å². The first-order valence-electron chi connectivity index (χ1n) is 8.74. The van der Waals surface area contributed by atoms with Crippen LogP contribution >= 0.6 is 0 Å². The van der Waals surface area contributed by atoms with E-state index in [0.29, 0.717) is 5.69 Å². The molecule has 1 aliphatic heterocycles. The van der Waals surface area contributed by atoms with Crippen LogP contribution in [0.2, 0.25) is 0 Å². The topological polar surface area (TPSA) is 46.4 Å². The molecular weight excluding hydrogens is 310 g/mol. The van der Waals surface area contributed by atoms with Gasteiger partial charge >= 0.3 is 0 Å². The van der Waals surface area contributed by atoms with Crippen molar-refractivity contribution in [3.63, 3.8) is 0 Å². The molecule has 126 valence electrons. The lowest BCUT2D eigenvalue weighted by molar-refractivity contribution is 0.683. The third-order valence-electron chi connectivity index (χ3n) is 4.87. The summed E-state index contributed by atoms with van der Waals surface area (Å²) in [5.41, 5.74) is 7.04. The Balaban J connectivity index is 1.77. The van der Waals surface area contributed by atoms with Gasteiger partial charge in [-0.2, -0.15) is 0 Å². The van der Waals surface area contributed by atoms with Crippen molar-refractivity contribution in [2.75, 3.05) is 13.1 Å². The molecule has 0 unspecified atom stereocenters. The van der Waals surface area contributed by atoms with Crippen molar-refractivity contribution in [2.45, 2.75) is 19.4 Å². The highest BCUT2D eigenvalue weighted by Gasteiger charge is 2.19. The van der Waals surface area contributed by atoms with E-state index in [4.69, 9.17) is 0 Å². The molecule has 0 bridgehead atoms. The fourth-order valence-corrected chi connectivity index (χ4v) is 3.63. The lowest BCUT2D eigenvalue weighted by Crippen LogP contribution is -2.17. The van der Waals surface area contributed by atoms with E-state index >= 15 is 0 Å². The molecule has 1 aromatic heterocycles. The van der Waals surface area contributed by atoms with Gasteiger partial charge in [0, 0.05) is 37.0 Å². The van der Waals surface area contributed by atoms with Gasteiger partial charge in [0.05, 0.1) is 0 Å². The molecule has 2 heterocycles. The molecule has 2 aromatic carbocycles. The third-order valence-corrected chi connectivity index (χ3v) is 4.87. The summed E-state index contributed by atoms with van der Waals surface area (Å²) < 4.78 is 2.39. The molecule has 0 amide bonds. The maximum absolute atomic E-state index is 10.7. The predicted molar refractivity (Wildman–Crippen MR) is 101 cm³/mol. The number of benzene rings is 2. The summed E-state index contributed by atoms with van der Waals surface area (Å²) in [5.74, 6) is 0. The van der Waals surface area contributed by atoms with E-state index in [9.17, 15) is 4.91 Å². The van der Waals surface area contributed by atoms with E-state index in [1.54, 1.807) is 12.1 Å². The van der Waals surface area contributed by atoms with Gasteiger partial charge in [0.25, 0.3) is 0 Å². The first kappa shape index (κ1) is 15.8. The van der Waals surface area contributed by atoms with Crippen LogP contribution in [0.3, 0.4) is 0 Å². The fraction of sp³-hybridized carbons (Fsp3) is 0.238. The highest BCUT2D eigenvalue weighted by molar-refractivity contribution is 5.70. The van der Waals surface area contributed by atoms with Crippen molar-refractivity contribution in [3.8, 4) is 11.1 Å². The number of rotatable bonds is 4. The smallest absolute Gasteiger partial charge is 0.108 e. The zero-order chi connectivity index (χ0) is 17.1. The lowest BCUT2D eigenvalue weighted by atomic mass is 10.00. The van der Waals surface area contributed by atoms with Gasteiger partial charge in [-0.05, 0) is 47.0 Å². The van der Waals surface area contributed by atoms with Crippen LogP contribution in [0.5, 0.6) is 0 Å². The number of nitrogens with one attached hydrogen (secondary N) is 1. The average Bonchev–Trinajstić information content (AvgIpc) is 2.84. The van der Waals surface area contributed by atoms with Crippen molar-refractivity contribution in [1.82, 2.24) is 9.88 Å². The Labute approximate surface area is 147 Å². The molecule has 4 rings (SSSR count). The van der Waals surface area contributed by atoms with E-state index in [1.165, 1.54) is 22.4 Å². The van der Waals surface area contributed by atoms with Crippen molar-refractivity contribution in [3.05, 3.63) is 82.5 Å². The summed E-state index contributed by atoms with van der Waals surface area (Å²) >= 11 is 0. The molecule has 0 radical (unpaired) electrons. The Morgan fingerprint density at radius 1 is 0.960 bits per heavy atom. The van der Waals surface area contributed by atoms with E-state index in [1.807, 2.05) is 12.1 Å². The molecule has 0 aliphatic carbocycles. The van der Waals surface area contributed by atoms with Gasteiger partial charge in [-0.15, -0.1) is 4.91 Å². The summed E-state index contributed by atoms with van der Waals surface area (Å²) in [4.78, 5) is 10.7. The molecule has 0 fully saturated rings. The predicted octanol–water partition coefficient (Wildman–Crippen LogP) is 4.29. The Morgan fingerprint density at radius 2 is 1.72 bits per heavy atom. The van der Waals surface area contributed by atoms with Crippen LogP contribution in [0.15, 0.2) is 66.0 Å². The monoisotopic (exact) mass is 331 g/mol. The summed E-state index contributed by atoms with van der Waals surface area (Å²) in [7, 11) is 0. The minimum atomic E-state index is 0.472. The largest absolute Gasteiger partial charge is 0.346 e. The highest BCUT2D eigenvalue weighted by Crippen LogP contribution is 2.31. The van der Waals surface area contributed by atoms with Crippen LogP contribution in [0.1, 0.15) is 16.8 Å². The van der Waals surface area contributed by atoms with Crippen LogP contribution in [0.25, 0.3) is 11.1 Å². The van der Waals surface area contributed by atoms with E-state index in [0.717, 1.165) is 38.0 Å². The Morgan fingerprint density at radius 3 is 2.48 bits per heavy atom. The van der Waals surface area contributed by atoms with Crippen LogP contribution in [0, 0.1) is 4.91 Å². The molecule has 4 nitrogen and oxygen atoms in total. The zero-order valence-corrected chi connectivity index (χ0v) is 14.1.